The van der Waals surface area contributed by atoms with Crippen molar-refractivity contribution in [2.24, 2.45) is 0 Å². The van der Waals surface area contributed by atoms with Crippen molar-refractivity contribution in [1.82, 2.24) is 0 Å². The topological polar surface area (TPSA) is 6.48 Å². The molecule has 0 aliphatic carbocycles. The maximum atomic E-state index is 2.75. The van der Waals surface area contributed by atoms with Crippen LogP contribution in [0, 0.1) is 180 Å². The predicted molar refractivity (Wildman–Crippen MR) is 276 cm³/mol. The minimum absolute atomic E-state index is 1.31. The lowest BCUT2D eigenvalue weighted by Gasteiger charge is -2.40. The van der Waals surface area contributed by atoms with Crippen molar-refractivity contribution in [3.05, 3.63) is 145 Å². The summed E-state index contributed by atoms with van der Waals surface area (Å²) in [6, 6.07) is 0. The lowest BCUT2D eigenvalue weighted by atomic mass is 9.83. The van der Waals surface area contributed by atoms with Gasteiger partial charge in [0.2, 0.25) is 0 Å². The van der Waals surface area contributed by atoms with Crippen LogP contribution in [-0.2, 0) is 0 Å². The maximum Gasteiger partial charge on any atom is 0.0576 e. The second-order valence-electron chi connectivity index (χ2n) is 19.8. The number of anilines is 6. The second kappa shape index (κ2) is 16.1. The fourth-order valence-electron chi connectivity index (χ4n) is 11.1. The number of rotatable bonds is 6. The summed E-state index contributed by atoms with van der Waals surface area (Å²) in [6.45, 7) is 61.2. The van der Waals surface area contributed by atoms with Crippen molar-refractivity contribution in [3.8, 4) is 0 Å². The Balaban J connectivity index is 2.03. The van der Waals surface area contributed by atoms with E-state index in [1.165, 1.54) is 190 Å². The van der Waals surface area contributed by atoms with Gasteiger partial charge >= 0.3 is 0 Å². The smallest absolute Gasteiger partial charge is 0.0576 e. The van der Waals surface area contributed by atoms with Crippen molar-refractivity contribution in [3.63, 3.8) is 0 Å². The molecule has 62 heavy (non-hydrogen) atoms. The molecule has 6 rings (SSSR count). The Labute approximate surface area is 377 Å². The van der Waals surface area contributed by atoms with Gasteiger partial charge in [-0.25, -0.2) is 0 Å². The van der Waals surface area contributed by atoms with E-state index in [0.29, 0.717) is 0 Å². The Bertz CT molecular complexity index is 2490. The van der Waals surface area contributed by atoms with Crippen LogP contribution in [0.25, 0.3) is 10.8 Å². The minimum Gasteiger partial charge on any atom is -0.308 e. The van der Waals surface area contributed by atoms with E-state index in [9.17, 15) is 0 Å². The van der Waals surface area contributed by atoms with E-state index in [1.54, 1.807) is 0 Å². The first-order chi connectivity index (χ1) is 28.7. The lowest BCUT2D eigenvalue weighted by molar-refractivity contribution is 1.08. The molecule has 0 unspecified atom stereocenters. The van der Waals surface area contributed by atoms with Crippen LogP contribution in [0.2, 0.25) is 0 Å². The molecule has 328 valence electrons. The Morgan fingerprint density at radius 1 is 0.129 bits per heavy atom. The van der Waals surface area contributed by atoms with E-state index in [0.717, 1.165) is 0 Å². The third-order valence-electron chi connectivity index (χ3n) is 17.6. The van der Waals surface area contributed by atoms with Crippen LogP contribution in [0.3, 0.4) is 0 Å². The molecule has 0 saturated carbocycles. The number of aryl methyl sites for hydroxylation is 2. The molecule has 2 heteroatoms. The summed E-state index contributed by atoms with van der Waals surface area (Å²) in [7, 11) is 0. The largest absolute Gasteiger partial charge is 0.308 e. The van der Waals surface area contributed by atoms with Crippen molar-refractivity contribution >= 4 is 44.9 Å². The summed E-state index contributed by atoms with van der Waals surface area (Å²) in [4.78, 5) is 5.50. The third kappa shape index (κ3) is 6.39. The van der Waals surface area contributed by atoms with E-state index in [4.69, 9.17) is 0 Å². The Morgan fingerprint density at radius 2 is 0.242 bits per heavy atom. The van der Waals surface area contributed by atoms with Gasteiger partial charge in [0.05, 0.1) is 34.1 Å². The Kier molecular flexibility index (Phi) is 12.1. The van der Waals surface area contributed by atoms with E-state index >= 15 is 0 Å². The van der Waals surface area contributed by atoms with E-state index in [-0.39, 0.29) is 0 Å². The summed E-state index contributed by atoms with van der Waals surface area (Å²) >= 11 is 0. The standard InChI is InChI=1S/C60H78N2/c1-27-33(7)43(17)55(44(18)34(27)8)61(56-45(19)35(9)28(2)36(10)46(56)20)59-51(25)52(26)60(54-42(16)32(6)31(5)41(15)53(54)59)62(57-47(21)37(11)29(3)38(12)48(57)22)58-49(23)39(13)30(4)40(14)50(58)24/h1-26H3. The molecular weight excluding hydrogens is 749 g/mol. The zero-order valence-electron chi connectivity index (χ0n) is 43.9. The molecule has 0 radical (unpaired) electrons. The number of fused-ring (bicyclic) bond motifs is 1. The average molecular weight is 827 g/mol. The molecule has 0 aliphatic heterocycles. The van der Waals surface area contributed by atoms with Crippen LogP contribution in [0.4, 0.5) is 34.1 Å². The second-order valence-corrected chi connectivity index (χ2v) is 19.8. The molecule has 6 aromatic rings. The summed E-state index contributed by atoms with van der Waals surface area (Å²) < 4.78 is 0. The average Bonchev–Trinajstić information content (AvgIpc) is 3.24. The van der Waals surface area contributed by atoms with Crippen molar-refractivity contribution in [2.75, 3.05) is 9.80 Å². The Hall–Kier alpha value is -4.82. The summed E-state index contributed by atoms with van der Waals surface area (Å²) in [6.07, 6.45) is 0. The molecule has 0 N–H and O–H groups in total. The fraction of sp³-hybridized carbons (Fsp3) is 0.433. The van der Waals surface area contributed by atoms with Gasteiger partial charge in [0, 0.05) is 10.8 Å². The highest BCUT2D eigenvalue weighted by atomic mass is 15.2. The zero-order valence-corrected chi connectivity index (χ0v) is 43.9. The number of hydrogen-bond donors (Lipinski definition) is 0. The van der Waals surface area contributed by atoms with E-state index < -0.39 is 0 Å². The van der Waals surface area contributed by atoms with Gasteiger partial charge in [0.15, 0.2) is 0 Å². The van der Waals surface area contributed by atoms with Gasteiger partial charge in [-0.2, -0.15) is 0 Å². The molecule has 0 spiro atoms. The van der Waals surface area contributed by atoms with E-state index in [1.807, 2.05) is 0 Å². The lowest BCUT2D eigenvalue weighted by Crippen LogP contribution is -2.23. The van der Waals surface area contributed by atoms with Crippen LogP contribution < -0.4 is 9.80 Å². The maximum absolute atomic E-state index is 2.75. The molecule has 0 fully saturated rings. The molecule has 2 nitrogen and oxygen atoms in total. The quantitative estimate of drug-likeness (QED) is 0.165. The molecule has 0 bridgehead atoms. The summed E-state index contributed by atoms with van der Waals surface area (Å²) in [5, 5.41) is 2.70. The highest BCUT2D eigenvalue weighted by Crippen LogP contribution is 2.57. The number of hydrogen-bond acceptors (Lipinski definition) is 2. The SMILES string of the molecule is Cc1c(C)c(C)c(N(c2c(C)c(C)c(C)c(C)c2C)c2c(C)c(C)c(N(c3c(C)c(C)c(C)c(C)c3C)c3c(C)c(C)c(C)c(C)c3C)c3c(C)c(C)c(C)c(C)c23)c(C)c1C. The minimum atomic E-state index is 1.31. The van der Waals surface area contributed by atoms with Crippen LogP contribution in [-0.4, -0.2) is 0 Å². The molecule has 6 aromatic carbocycles. The van der Waals surface area contributed by atoms with Gasteiger partial charge in [0.1, 0.15) is 0 Å². The molecule has 0 atom stereocenters. The highest BCUT2D eigenvalue weighted by molar-refractivity contribution is 6.15. The van der Waals surface area contributed by atoms with Gasteiger partial charge in [-0.05, 0) is 325 Å². The Morgan fingerprint density at radius 3 is 0.403 bits per heavy atom. The molecule has 0 amide bonds. The van der Waals surface area contributed by atoms with Crippen LogP contribution in [0.5, 0.6) is 0 Å². The van der Waals surface area contributed by atoms with Crippen molar-refractivity contribution < 1.29 is 0 Å². The van der Waals surface area contributed by atoms with Gasteiger partial charge < -0.3 is 9.80 Å². The number of nitrogens with zero attached hydrogens (tertiary/aromatic N) is 2. The third-order valence-corrected chi connectivity index (χ3v) is 17.6. The molecular formula is C60H78N2. The normalized spacial score (nSPS) is 11.7. The van der Waals surface area contributed by atoms with Gasteiger partial charge in [0.25, 0.3) is 0 Å². The van der Waals surface area contributed by atoms with Crippen LogP contribution in [0.15, 0.2) is 0 Å². The first-order valence-electron chi connectivity index (χ1n) is 23.1. The predicted octanol–water partition coefficient (Wildman–Crippen LogP) is 17.8. The fourth-order valence-corrected chi connectivity index (χ4v) is 11.1. The molecule has 0 saturated heterocycles. The molecule has 0 heterocycles. The van der Waals surface area contributed by atoms with Crippen molar-refractivity contribution in [2.45, 2.75) is 180 Å². The van der Waals surface area contributed by atoms with Crippen LogP contribution in [0.1, 0.15) is 145 Å². The zero-order chi connectivity index (χ0) is 46.8. The summed E-state index contributed by atoms with van der Waals surface area (Å²) in [5.41, 5.74) is 43.3. The van der Waals surface area contributed by atoms with Gasteiger partial charge in [-0.1, -0.05) is 0 Å². The monoisotopic (exact) mass is 827 g/mol. The first kappa shape index (κ1) is 46.7. The first-order valence-corrected chi connectivity index (χ1v) is 23.1. The van der Waals surface area contributed by atoms with Crippen LogP contribution >= 0.6 is 0 Å². The highest BCUT2D eigenvalue weighted by Gasteiger charge is 2.35. The van der Waals surface area contributed by atoms with Gasteiger partial charge in [-0.3, -0.25) is 0 Å². The molecule has 0 aliphatic rings. The summed E-state index contributed by atoms with van der Waals surface area (Å²) in [5.74, 6) is 0. The van der Waals surface area contributed by atoms with Crippen molar-refractivity contribution in [1.29, 1.82) is 0 Å². The van der Waals surface area contributed by atoms with Gasteiger partial charge in [-0.15, -0.1) is 0 Å². The van der Waals surface area contributed by atoms with E-state index in [2.05, 4.69) is 190 Å². The molecule has 0 aromatic heterocycles. The number of benzene rings is 6.